The maximum Gasteiger partial charge on any atom is 0.224 e. The number of aliphatic imine (C=N–C) groups is 1. The Kier molecular flexibility index (Phi) is 11.3. The fraction of sp³-hybridized carbons (Fsp3) is 0.895. The van der Waals surface area contributed by atoms with Crippen molar-refractivity contribution >= 4 is 11.9 Å². The highest BCUT2D eigenvalue weighted by atomic mass is 16.2. The van der Waals surface area contributed by atoms with Crippen molar-refractivity contribution < 1.29 is 4.79 Å². The lowest BCUT2D eigenvalue weighted by molar-refractivity contribution is -0.129. The van der Waals surface area contributed by atoms with Crippen LogP contribution >= 0.6 is 0 Å². The zero-order valence-electron chi connectivity index (χ0n) is 16.8. The molecule has 0 aromatic rings. The monoisotopic (exact) mass is 353 g/mol. The Bertz CT molecular complexity index is 389. The Morgan fingerprint density at radius 3 is 2.48 bits per heavy atom. The molecule has 25 heavy (non-hydrogen) atoms. The van der Waals surface area contributed by atoms with Crippen LogP contribution in [0.4, 0.5) is 0 Å². The molecule has 1 saturated heterocycles. The first-order valence-corrected chi connectivity index (χ1v) is 10.2. The highest BCUT2D eigenvalue weighted by Crippen LogP contribution is 2.08. The molecule has 1 atom stereocenters. The van der Waals surface area contributed by atoms with Crippen molar-refractivity contribution in [1.82, 2.24) is 20.4 Å². The number of likely N-dealkylation sites (tertiary alicyclic amines) is 1. The average molecular weight is 354 g/mol. The van der Waals surface area contributed by atoms with Gasteiger partial charge in [-0.15, -0.1) is 0 Å². The molecule has 0 radical (unpaired) electrons. The van der Waals surface area contributed by atoms with Gasteiger partial charge in [-0.05, 0) is 59.2 Å². The molecule has 1 heterocycles. The minimum Gasteiger partial charge on any atom is -0.357 e. The maximum absolute atomic E-state index is 12.1. The molecular formula is C19H39N5O. The summed E-state index contributed by atoms with van der Waals surface area (Å²) in [6.45, 7) is 15.3. The largest absolute Gasteiger partial charge is 0.357 e. The molecule has 6 nitrogen and oxygen atoms in total. The number of hydrogen-bond donors (Lipinski definition) is 2. The van der Waals surface area contributed by atoms with Crippen molar-refractivity contribution in [2.75, 3.05) is 45.8 Å². The number of carbonyl (C=O) groups excluding carboxylic acids is 1. The second kappa shape index (κ2) is 13.0. The van der Waals surface area contributed by atoms with E-state index in [-0.39, 0.29) is 5.91 Å². The molecule has 0 aromatic carbocycles. The number of nitrogens with zero attached hydrogens (tertiary/aromatic N) is 3. The van der Waals surface area contributed by atoms with E-state index in [1.807, 2.05) is 4.90 Å². The number of nitrogens with one attached hydrogen (secondary N) is 2. The fourth-order valence-electron chi connectivity index (χ4n) is 3.17. The first-order valence-electron chi connectivity index (χ1n) is 10.2. The molecule has 0 saturated carbocycles. The lowest BCUT2D eigenvalue weighted by Gasteiger charge is -2.21. The van der Waals surface area contributed by atoms with Gasteiger partial charge in [-0.1, -0.05) is 13.8 Å². The van der Waals surface area contributed by atoms with E-state index in [0.29, 0.717) is 19.0 Å². The molecule has 2 N–H and O–H groups in total. The zero-order chi connectivity index (χ0) is 18.5. The molecule has 1 aliphatic heterocycles. The maximum atomic E-state index is 12.1. The first kappa shape index (κ1) is 21.7. The van der Waals surface area contributed by atoms with Crippen molar-refractivity contribution in [2.24, 2.45) is 4.99 Å². The second-order valence-corrected chi connectivity index (χ2v) is 6.81. The van der Waals surface area contributed by atoms with Crippen molar-refractivity contribution in [1.29, 1.82) is 0 Å². The number of carbonyl (C=O) groups is 1. The van der Waals surface area contributed by atoms with Crippen LogP contribution in [0.1, 0.15) is 59.8 Å². The molecule has 6 heteroatoms. The normalized spacial score (nSPS) is 16.4. The lowest BCUT2D eigenvalue weighted by Crippen LogP contribution is -2.42. The van der Waals surface area contributed by atoms with Crippen molar-refractivity contribution in [2.45, 2.75) is 65.8 Å². The van der Waals surface area contributed by atoms with Crippen molar-refractivity contribution in [3.63, 3.8) is 0 Å². The summed E-state index contributed by atoms with van der Waals surface area (Å²) in [7, 11) is 0. The molecule has 1 unspecified atom stereocenters. The third-order valence-corrected chi connectivity index (χ3v) is 4.79. The number of amides is 1. The number of rotatable bonds is 11. The Morgan fingerprint density at radius 2 is 1.88 bits per heavy atom. The number of guanidine groups is 1. The second-order valence-electron chi connectivity index (χ2n) is 6.81. The molecule has 146 valence electrons. The summed E-state index contributed by atoms with van der Waals surface area (Å²) in [4.78, 5) is 21.1. The van der Waals surface area contributed by atoms with E-state index in [0.717, 1.165) is 64.5 Å². The molecule has 1 rings (SSSR count). The van der Waals surface area contributed by atoms with Gasteiger partial charge in [0.25, 0.3) is 0 Å². The summed E-state index contributed by atoms with van der Waals surface area (Å²) in [6, 6.07) is 0.377. The Balaban J connectivity index is 2.32. The summed E-state index contributed by atoms with van der Waals surface area (Å²) in [5.74, 6) is 1.07. The molecule has 0 spiro atoms. The SMILES string of the molecule is CCNC(=NCCC(=O)N1CCCC1)NC(C)CCCN(CC)CC. The fourth-order valence-corrected chi connectivity index (χ4v) is 3.17. The summed E-state index contributed by atoms with van der Waals surface area (Å²) in [5.41, 5.74) is 0. The van der Waals surface area contributed by atoms with Gasteiger partial charge in [-0.3, -0.25) is 9.79 Å². The predicted molar refractivity (Wildman–Crippen MR) is 106 cm³/mol. The van der Waals surface area contributed by atoms with Crippen LogP contribution in [0, 0.1) is 0 Å². The van der Waals surface area contributed by atoms with Crippen LogP contribution in [0.3, 0.4) is 0 Å². The van der Waals surface area contributed by atoms with Crippen molar-refractivity contribution in [3.05, 3.63) is 0 Å². The quantitative estimate of drug-likeness (QED) is 0.441. The first-order chi connectivity index (χ1) is 12.1. The topological polar surface area (TPSA) is 60.0 Å². The summed E-state index contributed by atoms with van der Waals surface area (Å²) in [6.07, 6.45) is 5.09. The van der Waals surface area contributed by atoms with E-state index in [9.17, 15) is 4.79 Å². The van der Waals surface area contributed by atoms with Gasteiger partial charge in [0.2, 0.25) is 5.91 Å². The summed E-state index contributed by atoms with van der Waals surface area (Å²) in [5, 5.41) is 6.75. The Morgan fingerprint density at radius 1 is 1.20 bits per heavy atom. The molecular weight excluding hydrogens is 314 g/mol. The molecule has 0 aromatic heterocycles. The minimum absolute atomic E-state index is 0.240. The molecule has 1 fully saturated rings. The van der Waals surface area contributed by atoms with Crippen LogP contribution in [0.2, 0.25) is 0 Å². The standard InChI is InChI=1S/C19H39N5O/c1-5-20-19(21-13-12-18(25)24-15-8-9-16-24)22-17(4)11-10-14-23(6-2)7-3/h17H,5-16H2,1-4H3,(H2,20,21,22). The van der Waals surface area contributed by atoms with Crippen LogP contribution in [0.5, 0.6) is 0 Å². The van der Waals surface area contributed by atoms with Gasteiger partial charge in [0.1, 0.15) is 0 Å². The van der Waals surface area contributed by atoms with E-state index < -0.39 is 0 Å². The predicted octanol–water partition coefficient (Wildman–Crippen LogP) is 2.06. The Hall–Kier alpha value is -1.30. The highest BCUT2D eigenvalue weighted by molar-refractivity contribution is 5.81. The molecule has 0 bridgehead atoms. The molecule has 1 aliphatic rings. The van der Waals surface area contributed by atoms with Gasteiger partial charge in [0, 0.05) is 32.1 Å². The zero-order valence-corrected chi connectivity index (χ0v) is 16.8. The van der Waals surface area contributed by atoms with Crippen molar-refractivity contribution in [3.8, 4) is 0 Å². The van der Waals surface area contributed by atoms with Gasteiger partial charge in [0.05, 0.1) is 6.54 Å². The minimum atomic E-state index is 0.240. The summed E-state index contributed by atoms with van der Waals surface area (Å²) >= 11 is 0. The van der Waals surface area contributed by atoms with Crippen LogP contribution < -0.4 is 10.6 Å². The van der Waals surface area contributed by atoms with Crippen LogP contribution in [-0.4, -0.2) is 73.5 Å². The average Bonchev–Trinajstić information content (AvgIpc) is 3.13. The summed E-state index contributed by atoms with van der Waals surface area (Å²) < 4.78 is 0. The van der Waals surface area contributed by atoms with Gasteiger partial charge in [-0.25, -0.2) is 0 Å². The Labute approximate surface area is 154 Å². The van der Waals surface area contributed by atoms with E-state index in [1.54, 1.807) is 0 Å². The molecule has 0 aliphatic carbocycles. The smallest absolute Gasteiger partial charge is 0.224 e. The van der Waals surface area contributed by atoms with E-state index in [4.69, 9.17) is 0 Å². The number of hydrogen-bond acceptors (Lipinski definition) is 3. The van der Waals surface area contributed by atoms with Crippen LogP contribution in [0.25, 0.3) is 0 Å². The van der Waals surface area contributed by atoms with E-state index in [1.165, 1.54) is 6.42 Å². The van der Waals surface area contributed by atoms with Gasteiger partial charge < -0.3 is 20.4 Å². The third kappa shape index (κ3) is 9.10. The highest BCUT2D eigenvalue weighted by Gasteiger charge is 2.17. The van der Waals surface area contributed by atoms with E-state index >= 15 is 0 Å². The van der Waals surface area contributed by atoms with Crippen LogP contribution in [0.15, 0.2) is 4.99 Å². The lowest BCUT2D eigenvalue weighted by atomic mass is 10.2. The van der Waals surface area contributed by atoms with Gasteiger partial charge in [-0.2, -0.15) is 0 Å². The van der Waals surface area contributed by atoms with E-state index in [2.05, 4.69) is 48.2 Å². The van der Waals surface area contributed by atoms with Gasteiger partial charge in [0.15, 0.2) is 5.96 Å². The third-order valence-electron chi connectivity index (χ3n) is 4.79. The van der Waals surface area contributed by atoms with Crippen LogP contribution in [-0.2, 0) is 4.79 Å². The molecule has 1 amide bonds. The van der Waals surface area contributed by atoms with Gasteiger partial charge >= 0.3 is 0 Å².